The molecule has 5 amide bonds. The van der Waals surface area contributed by atoms with E-state index < -0.39 is 17.5 Å². The van der Waals surface area contributed by atoms with Gasteiger partial charge in [0.15, 0.2) is 0 Å². The van der Waals surface area contributed by atoms with Gasteiger partial charge in [-0.15, -0.1) is 0 Å². The molecule has 4 rings (SSSR count). The van der Waals surface area contributed by atoms with Crippen LogP contribution in [-0.4, -0.2) is 76.7 Å². The topological polar surface area (TPSA) is 116 Å². The molecule has 2 unspecified atom stereocenters. The average molecular weight is 428 g/mol. The predicted octanol–water partition coefficient (Wildman–Crippen LogP) is 0.394. The molecular formula is C22H29N5O4. The molecule has 31 heavy (non-hydrogen) atoms. The van der Waals surface area contributed by atoms with Gasteiger partial charge in [-0.2, -0.15) is 0 Å². The number of nitrogens with one attached hydrogen (secondary N) is 1. The number of likely N-dealkylation sites (tertiary alicyclic amines) is 2. The Labute approximate surface area is 181 Å². The minimum absolute atomic E-state index is 0.214. The number of amides is 5. The van der Waals surface area contributed by atoms with E-state index in [-0.39, 0.29) is 30.4 Å². The fourth-order valence-electron chi connectivity index (χ4n) is 5.02. The molecule has 0 saturated carbocycles. The maximum Gasteiger partial charge on any atom is 0.325 e. The Hall–Kier alpha value is -2.94. The van der Waals surface area contributed by atoms with Gasteiger partial charge in [-0.1, -0.05) is 30.3 Å². The van der Waals surface area contributed by atoms with E-state index in [1.54, 1.807) is 36.1 Å². The van der Waals surface area contributed by atoms with Crippen molar-refractivity contribution >= 4 is 23.8 Å². The quantitative estimate of drug-likeness (QED) is 0.660. The van der Waals surface area contributed by atoms with E-state index in [1.807, 2.05) is 6.07 Å². The maximum atomic E-state index is 13.0. The van der Waals surface area contributed by atoms with E-state index in [2.05, 4.69) is 10.2 Å². The lowest BCUT2D eigenvalue weighted by Crippen LogP contribution is -2.52. The molecule has 2 atom stereocenters. The van der Waals surface area contributed by atoms with Crippen LogP contribution in [0.25, 0.3) is 0 Å². The summed E-state index contributed by atoms with van der Waals surface area (Å²) in [6, 6.07) is 8.48. The standard InChI is InChI=1S/C22H29N5O4/c1-22(15-6-3-2-4-7-15)20(30)27(21(31)24-22)14-18(28)25-12-9-16(10-13-25)26-11-5-8-17(26)19(23)29/h2-4,6-7,16-17H,5,8-14H2,1H3,(H2,23,29)(H,24,31). The van der Waals surface area contributed by atoms with Gasteiger partial charge in [0.2, 0.25) is 11.8 Å². The molecule has 166 valence electrons. The van der Waals surface area contributed by atoms with Crippen LogP contribution in [0.2, 0.25) is 0 Å². The van der Waals surface area contributed by atoms with Gasteiger partial charge in [0, 0.05) is 19.1 Å². The minimum atomic E-state index is -1.18. The Morgan fingerprint density at radius 3 is 2.42 bits per heavy atom. The largest absolute Gasteiger partial charge is 0.368 e. The lowest BCUT2D eigenvalue weighted by molar-refractivity contribution is -0.140. The van der Waals surface area contributed by atoms with E-state index in [0.717, 1.165) is 37.1 Å². The second-order valence-electron chi connectivity index (χ2n) is 8.72. The van der Waals surface area contributed by atoms with Crippen molar-refractivity contribution < 1.29 is 19.2 Å². The summed E-state index contributed by atoms with van der Waals surface area (Å²) in [5.74, 6) is -0.948. The molecule has 0 aromatic heterocycles. The molecule has 1 aromatic carbocycles. The van der Waals surface area contributed by atoms with Crippen LogP contribution in [0.5, 0.6) is 0 Å². The fourth-order valence-corrected chi connectivity index (χ4v) is 5.02. The summed E-state index contributed by atoms with van der Waals surface area (Å²) in [6.07, 6.45) is 3.24. The van der Waals surface area contributed by atoms with Crippen molar-refractivity contribution in [2.45, 2.75) is 50.2 Å². The third-order valence-corrected chi connectivity index (χ3v) is 6.83. The molecule has 3 aliphatic heterocycles. The van der Waals surface area contributed by atoms with Crippen LogP contribution < -0.4 is 11.1 Å². The number of benzene rings is 1. The van der Waals surface area contributed by atoms with Gasteiger partial charge in [-0.05, 0) is 44.7 Å². The molecular weight excluding hydrogens is 398 g/mol. The SMILES string of the molecule is CC1(c2ccccc2)NC(=O)N(CC(=O)N2CCC(N3CCCC3C(N)=O)CC2)C1=O. The molecule has 9 nitrogen and oxygen atoms in total. The summed E-state index contributed by atoms with van der Waals surface area (Å²) in [5.41, 5.74) is 5.04. The lowest BCUT2D eigenvalue weighted by Gasteiger charge is -2.38. The minimum Gasteiger partial charge on any atom is -0.368 e. The third kappa shape index (κ3) is 3.89. The van der Waals surface area contributed by atoms with E-state index in [0.29, 0.717) is 18.7 Å². The first-order valence-electron chi connectivity index (χ1n) is 10.8. The molecule has 9 heteroatoms. The zero-order valence-corrected chi connectivity index (χ0v) is 17.8. The van der Waals surface area contributed by atoms with Gasteiger partial charge in [0.25, 0.3) is 5.91 Å². The highest BCUT2D eigenvalue weighted by Crippen LogP contribution is 2.29. The van der Waals surface area contributed by atoms with Crippen molar-refractivity contribution in [1.29, 1.82) is 0 Å². The van der Waals surface area contributed by atoms with Crippen molar-refractivity contribution in [2.24, 2.45) is 5.73 Å². The molecule has 3 heterocycles. The Morgan fingerprint density at radius 1 is 1.10 bits per heavy atom. The van der Waals surface area contributed by atoms with Gasteiger partial charge in [-0.25, -0.2) is 4.79 Å². The van der Waals surface area contributed by atoms with Gasteiger partial charge in [0.1, 0.15) is 12.1 Å². The molecule has 0 bridgehead atoms. The summed E-state index contributed by atoms with van der Waals surface area (Å²) in [4.78, 5) is 54.9. The zero-order chi connectivity index (χ0) is 22.2. The monoisotopic (exact) mass is 427 g/mol. The van der Waals surface area contributed by atoms with Crippen molar-refractivity contribution in [1.82, 2.24) is 20.0 Å². The van der Waals surface area contributed by atoms with Gasteiger partial charge < -0.3 is 16.0 Å². The first-order valence-corrected chi connectivity index (χ1v) is 10.8. The Bertz CT molecular complexity index is 883. The Kier molecular flexibility index (Phi) is 5.70. The smallest absolute Gasteiger partial charge is 0.325 e. The van der Waals surface area contributed by atoms with Crippen molar-refractivity contribution in [3.63, 3.8) is 0 Å². The third-order valence-electron chi connectivity index (χ3n) is 6.83. The number of rotatable bonds is 5. The molecule has 1 aromatic rings. The van der Waals surface area contributed by atoms with Crippen LogP contribution in [-0.2, 0) is 19.9 Å². The average Bonchev–Trinajstić information content (AvgIpc) is 3.35. The fraction of sp³-hybridized carbons (Fsp3) is 0.545. The number of carbonyl (C=O) groups excluding carboxylic acids is 4. The van der Waals surface area contributed by atoms with Gasteiger partial charge in [0.05, 0.1) is 6.04 Å². The number of hydrogen-bond acceptors (Lipinski definition) is 5. The van der Waals surface area contributed by atoms with Crippen LogP contribution in [0.4, 0.5) is 4.79 Å². The maximum absolute atomic E-state index is 13.0. The molecule has 0 spiro atoms. The highest BCUT2D eigenvalue weighted by molar-refractivity contribution is 6.09. The first-order chi connectivity index (χ1) is 14.8. The molecule has 0 aliphatic carbocycles. The number of nitrogens with zero attached hydrogens (tertiary/aromatic N) is 3. The molecule has 3 fully saturated rings. The highest BCUT2D eigenvalue weighted by atomic mass is 16.2. The van der Waals surface area contributed by atoms with Gasteiger partial charge in [-0.3, -0.25) is 24.2 Å². The van der Waals surface area contributed by atoms with Crippen LogP contribution in [0.15, 0.2) is 30.3 Å². The summed E-state index contributed by atoms with van der Waals surface area (Å²) in [7, 11) is 0. The summed E-state index contributed by atoms with van der Waals surface area (Å²) in [5, 5.41) is 2.73. The number of piperidine rings is 1. The van der Waals surface area contributed by atoms with E-state index in [4.69, 9.17) is 5.73 Å². The predicted molar refractivity (Wildman–Crippen MR) is 113 cm³/mol. The lowest BCUT2D eigenvalue weighted by atomic mass is 9.92. The number of nitrogens with two attached hydrogens (primary N) is 1. The molecule has 0 radical (unpaired) electrons. The van der Waals surface area contributed by atoms with E-state index in [1.165, 1.54) is 0 Å². The normalized spacial score (nSPS) is 27.6. The number of carbonyl (C=O) groups is 4. The number of imide groups is 1. The molecule has 3 saturated heterocycles. The Balaban J connectivity index is 1.36. The number of hydrogen-bond donors (Lipinski definition) is 2. The second-order valence-corrected chi connectivity index (χ2v) is 8.72. The van der Waals surface area contributed by atoms with E-state index in [9.17, 15) is 19.2 Å². The van der Waals surface area contributed by atoms with Crippen LogP contribution in [0, 0.1) is 0 Å². The van der Waals surface area contributed by atoms with Crippen LogP contribution >= 0.6 is 0 Å². The molecule has 3 aliphatic rings. The van der Waals surface area contributed by atoms with Gasteiger partial charge >= 0.3 is 6.03 Å². The highest BCUT2D eigenvalue weighted by Gasteiger charge is 2.49. The van der Waals surface area contributed by atoms with Crippen LogP contribution in [0.3, 0.4) is 0 Å². The summed E-state index contributed by atoms with van der Waals surface area (Å²) >= 11 is 0. The molecule has 3 N–H and O–H groups in total. The van der Waals surface area contributed by atoms with Crippen molar-refractivity contribution in [2.75, 3.05) is 26.2 Å². The summed E-state index contributed by atoms with van der Waals surface area (Å²) in [6.45, 7) is 3.30. The zero-order valence-electron chi connectivity index (χ0n) is 17.8. The Morgan fingerprint density at radius 2 is 1.77 bits per heavy atom. The van der Waals surface area contributed by atoms with E-state index >= 15 is 0 Å². The number of urea groups is 1. The van der Waals surface area contributed by atoms with Crippen molar-refractivity contribution in [3.8, 4) is 0 Å². The first kappa shape index (κ1) is 21.3. The second kappa shape index (κ2) is 8.30. The van der Waals surface area contributed by atoms with Crippen LogP contribution in [0.1, 0.15) is 38.2 Å². The number of primary amides is 1. The summed E-state index contributed by atoms with van der Waals surface area (Å²) < 4.78 is 0. The van der Waals surface area contributed by atoms with Crippen molar-refractivity contribution in [3.05, 3.63) is 35.9 Å².